The zero-order valence-corrected chi connectivity index (χ0v) is 11.0. The van der Waals surface area contributed by atoms with Crippen LogP contribution in [0.1, 0.15) is 31.2 Å². The minimum absolute atomic E-state index is 0.288. The SMILES string of the molecule is NCC(O)(CSC1CCCC1)c1ccccc1. The van der Waals surface area contributed by atoms with E-state index in [1.807, 2.05) is 42.1 Å². The second kappa shape index (κ2) is 5.89. The van der Waals surface area contributed by atoms with Crippen LogP contribution >= 0.6 is 11.8 Å². The molecule has 1 saturated carbocycles. The Bertz CT molecular complexity index is 337. The molecule has 0 heterocycles. The summed E-state index contributed by atoms with van der Waals surface area (Å²) in [5.41, 5.74) is 5.83. The summed E-state index contributed by atoms with van der Waals surface area (Å²) in [5, 5.41) is 11.3. The number of rotatable bonds is 5. The van der Waals surface area contributed by atoms with Crippen LogP contribution in [-0.4, -0.2) is 22.7 Å². The van der Waals surface area contributed by atoms with Crippen LogP contribution in [0, 0.1) is 0 Å². The van der Waals surface area contributed by atoms with Crippen molar-refractivity contribution in [3.05, 3.63) is 35.9 Å². The van der Waals surface area contributed by atoms with Gasteiger partial charge in [0.05, 0.1) is 0 Å². The molecule has 2 rings (SSSR count). The van der Waals surface area contributed by atoms with Crippen molar-refractivity contribution in [2.75, 3.05) is 12.3 Å². The fourth-order valence-electron chi connectivity index (χ4n) is 2.32. The predicted molar refractivity (Wildman–Crippen MR) is 74.1 cm³/mol. The highest BCUT2D eigenvalue weighted by Crippen LogP contribution is 2.34. The first-order valence-corrected chi connectivity index (χ1v) is 7.39. The van der Waals surface area contributed by atoms with Crippen molar-refractivity contribution in [1.82, 2.24) is 0 Å². The summed E-state index contributed by atoms with van der Waals surface area (Å²) >= 11 is 1.88. The fourth-order valence-corrected chi connectivity index (χ4v) is 3.78. The zero-order chi connectivity index (χ0) is 12.1. The minimum Gasteiger partial charge on any atom is -0.383 e. The second-order valence-corrected chi connectivity index (χ2v) is 6.11. The standard InChI is InChI=1S/C14H21NOS/c15-10-14(16,12-6-2-1-3-7-12)11-17-13-8-4-5-9-13/h1-3,6-7,13,16H,4-5,8-11,15H2. The number of hydrogen-bond acceptors (Lipinski definition) is 3. The van der Waals surface area contributed by atoms with Gasteiger partial charge in [0.1, 0.15) is 5.60 Å². The van der Waals surface area contributed by atoms with E-state index in [1.165, 1.54) is 25.7 Å². The Morgan fingerprint density at radius 2 is 1.88 bits per heavy atom. The van der Waals surface area contributed by atoms with Crippen LogP contribution in [0.2, 0.25) is 0 Å². The molecule has 1 unspecified atom stereocenters. The lowest BCUT2D eigenvalue weighted by molar-refractivity contribution is 0.0720. The summed E-state index contributed by atoms with van der Waals surface area (Å²) < 4.78 is 0. The molecule has 1 atom stereocenters. The van der Waals surface area contributed by atoms with Crippen molar-refractivity contribution < 1.29 is 5.11 Å². The van der Waals surface area contributed by atoms with Crippen molar-refractivity contribution in [2.45, 2.75) is 36.5 Å². The molecule has 2 nitrogen and oxygen atoms in total. The Labute approximate surface area is 108 Å². The van der Waals surface area contributed by atoms with Crippen LogP contribution in [0.5, 0.6) is 0 Å². The van der Waals surface area contributed by atoms with Gasteiger partial charge in [-0.1, -0.05) is 43.2 Å². The molecule has 17 heavy (non-hydrogen) atoms. The van der Waals surface area contributed by atoms with Crippen molar-refractivity contribution in [3.8, 4) is 0 Å². The lowest BCUT2D eigenvalue weighted by atomic mass is 9.96. The van der Waals surface area contributed by atoms with E-state index in [-0.39, 0.29) is 6.54 Å². The van der Waals surface area contributed by atoms with E-state index in [1.54, 1.807) is 0 Å². The molecule has 1 aliphatic rings. The maximum absolute atomic E-state index is 10.6. The van der Waals surface area contributed by atoms with Crippen LogP contribution in [0.4, 0.5) is 0 Å². The molecule has 0 aliphatic heterocycles. The number of benzene rings is 1. The average Bonchev–Trinajstić information content (AvgIpc) is 2.90. The van der Waals surface area contributed by atoms with Crippen molar-refractivity contribution in [3.63, 3.8) is 0 Å². The molecule has 0 amide bonds. The maximum Gasteiger partial charge on any atom is 0.111 e. The molecule has 1 aromatic carbocycles. The second-order valence-electron chi connectivity index (χ2n) is 4.82. The molecular formula is C14H21NOS. The summed E-state index contributed by atoms with van der Waals surface area (Å²) in [5.74, 6) is 0.707. The van der Waals surface area contributed by atoms with Gasteiger partial charge in [-0.3, -0.25) is 0 Å². The molecule has 94 valence electrons. The lowest BCUT2D eigenvalue weighted by Crippen LogP contribution is -2.37. The van der Waals surface area contributed by atoms with Gasteiger partial charge in [-0.15, -0.1) is 0 Å². The quantitative estimate of drug-likeness (QED) is 0.845. The van der Waals surface area contributed by atoms with Crippen LogP contribution in [0.3, 0.4) is 0 Å². The van der Waals surface area contributed by atoms with E-state index in [0.717, 1.165) is 10.8 Å². The van der Waals surface area contributed by atoms with Gasteiger partial charge in [0.2, 0.25) is 0 Å². The molecule has 3 N–H and O–H groups in total. The van der Waals surface area contributed by atoms with Gasteiger partial charge in [-0.05, 0) is 18.4 Å². The molecule has 0 radical (unpaired) electrons. The van der Waals surface area contributed by atoms with Crippen LogP contribution in [0.25, 0.3) is 0 Å². The van der Waals surface area contributed by atoms with Crippen molar-refractivity contribution in [2.24, 2.45) is 5.73 Å². The molecule has 0 aromatic heterocycles. The fraction of sp³-hybridized carbons (Fsp3) is 0.571. The molecule has 0 spiro atoms. The van der Waals surface area contributed by atoms with Crippen LogP contribution < -0.4 is 5.73 Å². The first-order chi connectivity index (χ1) is 8.24. The highest BCUT2D eigenvalue weighted by Gasteiger charge is 2.29. The molecule has 1 aromatic rings. The Morgan fingerprint density at radius 1 is 1.24 bits per heavy atom. The number of nitrogens with two attached hydrogens (primary N) is 1. The lowest BCUT2D eigenvalue weighted by Gasteiger charge is -2.28. The molecule has 1 fully saturated rings. The third-order valence-electron chi connectivity index (χ3n) is 3.51. The summed E-state index contributed by atoms with van der Waals surface area (Å²) in [6.07, 6.45) is 5.26. The van der Waals surface area contributed by atoms with Gasteiger partial charge in [0.15, 0.2) is 0 Å². The van der Waals surface area contributed by atoms with Gasteiger partial charge in [0.25, 0.3) is 0 Å². The monoisotopic (exact) mass is 251 g/mol. The maximum atomic E-state index is 10.6. The number of aliphatic hydroxyl groups is 1. The van der Waals surface area contributed by atoms with E-state index in [4.69, 9.17) is 5.73 Å². The third kappa shape index (κ3) is 3.24. The first-order valence-electron chi connectivity index (χ1n) is 6.34. The Hall–Kier alpha value is -0.510. The highest BCUT2D eigenvalue weighted by molar-refractivity contribution is 7.99. The van der Waals surface area contributed by atoms with E-state index < -0.39 is 5.60 Å². The van der Waals surface area contributed by atoms with Crippen molar-refractivity contribution >= 4 is 11.8 Å². The number of thioether (sulfide) groups is 1. The van der Waals surface area contributed by atoms with E-state index in [0.29, 0.717) is 5.75 Å². The third-order valence-corrected chi connectivity index (χ3v) is 5.10. The van der Waals surface area contributed by atoms with Crippen LogP contribution in [0.15, 0.2) is 30.3 Å². The van der Waals surface area contributed by atoms with Crippen molar-refractivity contribution in [1.29, 1.82) is 0 Å². The largest absolute Gasteiger partial charge is 0.383 e. The Balaban J connectivity index is 1.98. The summed E-state index contributed by atoms with van der Waals surface area (Å²) in [6, 6.07) is 9.79. The molecule has 0 bridgehead atoms. The van der Waals surface area contributed by atoms with Gasteiger partial charge >= 0.3 is 0 Å². The van der Waals surface area contributed by atoms with E-state index >= 15 is 0 Å². The molecule has 0 saturated heterocycles. The van der Waals surface area contributed by atoms with E-state index in [9.17, 15) is 5.11 Å². The zero-order valence-electron chi connectivity index (χ0n) is 10.1. The molecular weight excluding hydrogens is 230 g/mol. The predicted octanol–water partition coefficient (Wildman–Crippen LogP) is 2.51. The molecule has 3 heteroatoms. The van der Waals surface area contributed by atoms with Gasteiger partial charge in [0, 0.05) is 17.5 Å². The average molecular weight is 251 g/mol. The number of hydrogen-bond donors (Lipinski definition) is 2. The molecule has 1 aliphatic carbocycles. The van der Waals surface area contributed by atoms with Gasteiger partial charge in [-0.2, -0.15) is 11.8 Å². The van der Waals surface area contributed by atoms with Crippen LogP contribution in [-0.2, 0) is 5.60 Å². The van der Waals surface area contributed by atoms with Gasteiger partial charge in [-0.25, -0.2) is 0 Å². The summed E-state index contributed by atoms with van der Waals surface area (Å²) in [6.45, 7) is 0.288. The van der Waals surface area contributed by atoms with Gasteiger partial charge < -0.3 is 10.8 Å². The Kier molecular flexibility index (Phi) is 4.48. The minimum atomic E-state index is -0.867. The highest BCUT2D eigenvalue weighted by atomic mass is 32.2. The normalized spacial score (nSPS) is 20.4. The first kappa shape index (κ1) is 12.9. The smallest absolute Gasteiger partial charge is 0.111 e. The van der Waals surface area contributed by atoms with E-state index in [2.05, 4.69) is 0 Å². The Morgan fingerprint density at radius 3 is 2.47 bits per heavy atom. The summed E-state index contributed by atoms with van der Waals surface area (Å²) in [4.78, 5) is 0. The summed E-state index contributed by atoms with van der Waals surface area (Å²) in [7, 11) is 0. The topological polar surface area (TPSA) is 46.2 Å².